The fourth-order valence-electron chi connectivity index (χ4n) is 2.74. The number of rotatable bonds is 5. The van der Waals surface area contributed by atoms with E-state index >= 15 is 0 Å². The molecule has 0 aliphatic carbocycles. The Morgan fingerprint density at radius 1 is 1.10 bits per heavy atom. The van der Waals surface area contributed by atoms with E-state index < -0.39 is 0 Å². The Bertz CT molecular complexity index is 978. The van der Waals surface area contributed by atoms with E-state index in [1.165, 1.54) is 4.88 Å². The molecular weight excluding hydrogens is 402 g/mol. The van der Waals surface area contributed by atoms with Gasteiger partial charge >= 0.3 is 0 Å². The summed E-state index contributed by atoms with van der Waals surface area (Å²) in [5, 5.41) is 19.7. The summed E-state index contributed by atoms with van der Waals surface area (Å²) in [5.41, 5.74) is 2.67. The molecule has 2 aromatic carbocycles. The van der Waals surface area contributed by atoms with Crippen LogP contribution < -0.4 is 10.6 Å². The van der Waals surface area contributed by atoms with Gasteiger partial charge in [0.25, 0.3) is 0 Å². The van der Waals surface area contributed by atoms with E-state index in [9.17, 15) is 5.11 Å². The molecule has 0 bridgehead atoms. The number of thiophene rings is 1. The van der Waals surface area contributed by atoms with Gasteiger partial charge in [-0.3, -0.25) is 0 Å². The lowest BCUT2D eigenvalue weighted by Crippen LogP contribution is -2.30. The van der Waals surface area contributed by atoms with Crippen LogP contribution in [0.15, 0.2) is 65.0 Å². The lowest BCUT2D eigenvalue weighted by Gasteiger charge is -2.21. The van der Waals surface area contributed by atoms with Gasteiger partial charge in [-0.15, -0.1) is 11.3 Å². The molecule has 3 rings (SSSR count). The number of benzene rings is 2. The number of aliphatic imine (C=N–C) groups is 1. The molecule has 0 spiro atoms. The summed E-state index contributed by atoms with van der Waals surface area (Å²) in [6.45, 7) is 7.50. The standard InChI is InChI=1S/C23H26ClN3OS/c1-23(2,3)17-10-11-21(28)20(13-17)27-22(26-15-18-8-6-12-29-18)25-14-16-7-4-5-9-19(16)24/h4-13,28H,14-15H2,1-3H3,(H2,25,26,27). The van der Waals surface area contributed by atoms with Gasteiger partial charge in [-0.1, -0.05) is 62.7 Å². The van der Waals surface area contributed by atoms with Gasteiger partial charge in [-0.05, 0) is 46.2 Å². The van der Waals surface area contributed by atoms with Crippen molar-refractivity contribution in [3.05, 3.63) is 81.0 Å². The van der Waals surface area contributed by atoms with Gasteiger partial charge in [0.2, 0.25) is 0 Å². The normalized spacial score (nSPS) is 12.1. The van der Waals surface area contributed by atoms with Crippen LogP contribution in [0.5, 0.6) is 5.75 Å². The summed E-state index contributed by atoms with van der Waals surface area (Å²) in [6.07, 6.45) is 0. The van der Waals surface area contributed by atoms with Gasteiger partial charge in [-0.25, -0.2) is 4.99 Å². The zero-order chi connectivity index (χ0) is 20.9. The largest absolute Gasteiger partial charge is 0.506 e. The van der Waals surface area contributed by atoms with Crippen LogP contribution in [0.1, 0.15) is 36.8 Å². The summed E-state index contributed by atoms with van der Waals surface area (Å²) in [6, 6.07) is 17.4. The number of phenols is 1. The lowest BCUT2D eigenvalue weighted by atomic mass is 9.87. The first-order valence-electron chi connectivity index (χ1n) is 9.47. The number of aromatic hydroxyl groups is 1. The molecule has 0 saturated heterocycles. The van der Waals surface area contributed by atoms with Crippen LogP contribution in [0.4, 0.5) is 5.69 Å². The molecular formula is C23H26ClN3OS. The minimum Gasteiger partial charge on any atom is -0.506 e. The van der Waals surface area contributed by atoms with Crippen molar-refractivity contribution in [2.24, 2.45) is 4.99 Å². The SMILES string of the molecule is CC(C)(C)c1ccc(O)c(NC(=NCc2ccccc2Cl)NCc2cccs2)c1. The van der Waals surface area contributed by atoms with Crippen molar-refractivity contribution in [1.82, 2.24) is 5.32 Å². The molecule has 1 aromatic heterocycles. The highest BCUT2D eigenvalue weighted by molar-refractivity contribution is 7.09. The smallest absolute Gasteiger partial charge is 0.196 e. The third-order valence-corrected chi connectivity index (χ3v) is 5.74. The molecule has 0 saturated carbocycles. The maximum atomic E-state index is 10.4. The molecule has 0 atom stereocenters. The van der Waals surface area contributed by atoms with E-state index in [0.717, 1.165) is 11.1 Å². The minimum atomic E-state index is -0.0244. The quantitative estimate of drug-likeness (QED) is 0.259. The highest BCUT2D eigenvalue weighted by Crippen LogP contribution is 2.30. The topological polar surface area (TPSA) is 56.6 Å². The maximum absolute atomic E-state index is 10.4. The number of halogens is 1. The second kappa shape index (κ2) is 9.33. The number of hydrogen-bond donors (Lipinski definition) is 3. The van der Waals surface area contributed by atoms with Crippen molar-refractivity contribution < 1.29 is 5.11 Å². The number of guanidine groups is 1. The Kier molecular flexibility index (Phi) is 6.83. The Hall–Kier alpha value is -2.50. The molecule has 152 valence electrons. The van der Waals surface area contributed by atoms with Gasteiger partial charge in [0.15, 0.2) is 5.96 Å². The second-order valence-corrected chi connectivity index (χ2v) is 9.24. The van der Waals surface area contributed by atoms with E-state index in [0.29, 0.717) is 29.8 Å². The average molecular weight is 428 g/mol. The molecule has 0 aliphatic rings. The monoisotopic (exact) mass is 427 g/mol. The van der Waals surface area contributed by atoms with Gasteiger partial charge in [0, 0.05) is 9.90 Å². The molecule has 0 amide bonds. The summed E-state index contributed by atoms with van der Waals surface area (Å²) < 4.78 is 0. The molecule has 3 aromatic rings. The molecule has 3 N–H and O–H groups in total. The Morgan fingerprint density at radius 2 is 1.90 bits per heavy atom. The number of anilines is 1. The van der Waals surface area contributed by atoms with Crippen LogP contribution in [-0.2, 0) is 18.5 Å². The summed E-state index contributed by atoms with van der Waals surface area (Å²) >= 11 is 7.96. The van der Waals surface area contributed by atoms with E-state index in [4.69, 9.17) is 11.6 Å². The van der Waals surface area contributed by atoms with Gasteiger partial charge in [-0.2, -0.15) is 0 Å². The molecule has 0 radical (unpaired) electrons. The number of nitrogens with one attached hydrogen (secondary N) is 2. The molecule has 0 unspecified atom stereocenters. The highest BCUT2D eigenvalue weighted by atomic mass is 35.5. The average Bonchev–Trinajstić information content (AvgIpc) is 3.19. The van der Waals surface area contributed by atoms with Crippen LogP contribution in [-0.4, -0.2) is 11.1 Å². The third kappa shape index (κ3) is 5.99. The molecule has 1 heterocycles. The molecule has 0 fully saturated rings. The predicted octanol–water partition coefficient (Wildman–Crippen LogP) is 6.16. The van der Waals surface area contributed by atoms with Crippen molar-refractivity contribution in [2.75, 3.05) is 5.32 Å². The first-order valence-corrected chi connectivity index (χ1v) is 10.7. The van der Waals surface area contributed by atoms with E-state index in [2.05, 4.69) is 42.5 Å². The first-order chi connectivity index (χ1) is 13.8. The molecule has 29 heavy (non-hydrogen) atoms. The zero-order valence-corrected chi connectivity index (χ0v) is 18.4. The van der Waals surface area contributed by atoms with Gasteiger partial charge in [0.05, 0.1) is 18.8 Å². The van der Waals surface area contributed by atoms with Crippen LogP contribution >= 0.6 is 22.9 Å². The van der Waals surface area contributed by atoms with E-state index in [-0.39, 0.29) is 11.2 Å². The van der Waals surface area contributed by atoms with Crippen molar-refractivity contribution in [2.45, 2.75) is 39.3 Å². The van der Waals surface area contributed by atoms with E-state index in [1.807, 2.05) is 47.8 Å². The summed E-state index contributed by atoms with van der Waals surface area (Å²) in [4.78, 5) is 5.88. The number of hydrogen-bond acceptors (Lipinski definition) is 3. The Morgan fingerprint density at radius 3 is 2.59 bits per heavy atom. The first kappa shape index (κ1) is 21.2. The fourth-order valence-corrected chi connectivity index (χ4v) is 3.58. The van der Waals surface area contributed by atoms with Crippen LogP contribution in [0.3, 0.4) is 0 Å². The summed E-state index contributed by atoms with van der Waals surface area (Å²) in [5.74, 6) is 0.765. The minimum absolute atomic E-state index is 0.0244. The molecule has 4 nitrogen and oxygen atoms in total. The Balaban J connectivity index is 1.84. The van der Waals surface area contributed by atoms with Crippen molar-refractivity contribution in [3.63, 3.8) is 0 Å². The highest BCUT2D eigenvalue weighted by Gasteiger charge is 2.16. The molecule has 6 heteroatoms. The fraction of sp³-hybridized carbons (Fsp3) is 0.261. The van der Waals surface area contributed by atoms with Crippen LogP contribution in [0.25, 0.3) is 0 Å². The van der Waals surface area contributed by atoms with Gasteiger partial charge in [0.1, 0.15) is 5.75 Å². The third-order valence-electron chi connectivity index (χ3n) is 4.49. The van der Waals surface area contributed by atoms with Gasteiger partial charge < -0.3 is 15.7 Å². The summed E-state index contributed by atoms with van der Waals surface area (Å²) in [7, 11) is 0. The predicted molar refractivity (Wildman–Crippen MR) is 124 cm³/mol. The van der Waals surface area contributed by atoms with Crippen molar-refractivity contribution >= 4 is 34.6 Å². The maximum Gasteiger partial charge on any atom is 0.196 e. The number of nitrogens with zero attached hydrogens (tertiary/aromatic N) is 1. The van der Waals surface area contributed by atoms with Crippen LogP contribution in [0, 0.1) is 0 Å². The van der Waals surface area contributed by atoms with E-state index in [1.54, 1.807) is 17.4 Å². The second-order valence-electron chi connectivity index (χ2n) is 7.80. The Labute approximate surface area is 181 Å². The van der Waals surface area contributed by atoms with Crippen molar-refractivity contribution in [3.8, 4) is 5.75 Å². The van der Waals surface area contributed by atoms with Crippen LogP contribution in [0.2, 0.25) is 5.02 Å². The number of phenolic OH excluding ortho intramolecular Hbond substituents is 1. The molecule has 0 aliphatic heterocycles. The lowest BCUT2D eigenvalue weighted by molar-refractivity contribution is 0.476. The van der Waals surface area contributed by atoms with Crippen molar-refractivity contribution in [1.29, 1.82) is 0 Å². The zero-order valence-electron chi connectivity index (χ0n) is 16.9.